The van der Waals surface area contributed by atoms with E-state index < -0.39 is 11.9 Å². The Morgan fingerprint density at radius 3 is 3.00 bits per heavy atom. The highest BCUT2D eigenvalue weighted by atomic mass is 32.1. The summed E-state index contributed by atoms with van der Waals surface area (Å²) in [6.07, 6.45) is 3.34. The molecule has 1 aliphatic carbocycles. The Kier molecular flexibility index (Phi) is 4.16. The lowest BCUT2D eigenvalue weighted by molar-refractivity contribution is -0.138. The number of fused-ring (bicyclic) bond motifs is 3. The highest BCUT2D eigenvalue weighted by molar-refractivity contribution is 7.18. The molecular weight excluding hydrogens is 318 g/mol. The molecule has 1 amide bonds. The summed E-state index contributed by atoms with van der Waals surface area (Å²) in [7, 11) is 0. The van der Waals surface area contributed by atoms with Gasteiger partial charge >= 0.3 is 5.97 Å². The van der Waals surface area contributed by atoms with E-state index in [2.05, 4.69) is 10.3 Å². The van der Waals surface area contributed by atoms with Gasteiger partial charge in [0.1, 0.15) is 11.4 Å². The Hall–Kier alpha value is -2.22. The Bertz CT molecular complexity index is 839. The molecule has 2 aromatic rings. The van der Waals surface area contributed by atoms with Gasteiger partial charge in [-0.3, -0.25) is 19.0 Å². The molecule has 8 heteroatoms. The Balaban J connectivity index is 2.02. The maximum Gasteiger partial charge on any atom is 0.311 e. The maximum atomic E-state index is 12.7. The van der Waals surface area contributed by atoms with Crippen LogP contribution in [0.4, 0.5) is 0 Å². The topological polar surface area (TPSA) is 101 Å². The van der Waals surface area contributed by atoms with Crippen molar-refractivity contribution in [2.24, 2.45) is 0 Å². The third kappa shape index (κ3) is 2.74. The second-order valence-corrected chi connectivity index (χ2v) is 6.66. The number of carboxylic acids is 1. The molecule has 1 atom stereocenters. The standard InChI is InChI=1S/C15H17N3O4S/c1-2-5-16-10(19)6-18-7-17-13-12(14(18)20)11-8(15(21)22)3-4-9(11)23-13/h7-8H,2-6H2,1H3,(H,16,19)(H,21,22). The lowest BCUT2D eigenvalue weighted by atomic mass is 10.0. The molecule has 1 aliphatic rings. The predicted octanol–water partition coefficient (Wildman–Crippen LogP) is 1.10. The van der Waals surface area contributed by atoms with Crippen LogP contribution in [0.25, 0.3) is 10.2 Å². The minimum absolute atomic E-state index is 0.107. The molecular formula is C15H17N3O4S. The summed E-state index contributed by atoms with van der Waals surface area (Å²) < 4.78 is 1.25. The number of nitrogens with one attached hydrogen (secondary N) is 1. The molecule has 2 aromatic heterocycles. The van der Waals surface area contributed by atoms with Crippen molar-refractivity contribution in [1.29, 1.82) is 0 Å². The number of rotatable bonds is 5. The van der Waals surface area contributed by atoms with Gasteiger partial charge in [-0.25, -0.2) is 4.98 Å². The molecule has 0 radical (unpaired) electrons. The maximum absolute atomic E-state index is 12.7. The van der Waals surface area contributed by atoms with Crippen molar-refractivity contribution in [2.75, 3.05) is 6.54 Å². The first-order valence-electron chi connectivity index (χ1n) is 7.53. The Morgan fingerprint density at radius 2 is 2.30 bits per heavy atom. The monoisotopic (exact) mass is 335 g/mol. The van der Waals surface area contributed by atoms with Crippen molar-refractivity contribution < 1.29 is 14.7 Å². The van der Waals surface area contributed by atoms with Crippen LogP contribution in [-0.2, 0) is 22.6 Å². The molecule has 7 nitrogen and oxygen atoms in total. The van der Waals surface area contributed by atoms with Crippen molar-refractivity contribution in [3.8, 4) is 0 Å². The number of amides is 1. The Morgan fingerprint density at radius 1 is 1.52 bits per heavy atom. The van der Waals surface area contributed by atoms with Gasteiger partial charge < -0.3 is 10.4 Å². The van der Waals surface area contributed by atoms with E-state index in [1.54, 1.807) is 0 Å². The van der Waals surface area contributed by atoms with Gasteiger partial charge in [0, 0.05) is 11.4 Å². The number of nitrogens with zero attached hydrogens (tertiary/aromatic N) is 2. The van der Waals surface area contributed by atoms with E-state index in [1.807, 2.05) is 6.92 Å². The van der Waals surface area contributed by atoms with E-state index in [1.165, 1.54) is 22.2 Å². The molecule has 23 heavy (non-hydrogen) atoms. The molecule has 0 aromatic carbocycles. The van der Waals surface area contributed by atoms with Gasteiger partial charge in [0.15, 0.2) is 0 Å². The number of aliphatic carboxylic acids is 1. The molecule has 2 N–H and O–H groups in total. The van der Waals surface area contributed by atoms with E-state index in [0.717, 1.165) is 11.3 Å². The zero-order valence-corrected chi connectivity index (χ0v) is 13.5. The molecule has 0 saturated heterocycles. The van der Waals surface area contributed by atoms with Gasteiger partial charge in [-0.15, -0.1) is 11.3 Å². The largest absolute Gasteiger partial charge is 0.481 e. The normalized spacial score (nSPS) is 16.5. The van der Waals surface area contributed by atoms with E-state index in [9.17, 15) is 19.5 Å². The zero-order valence-electron chi connectivity index (χ0n) is 12.7. The van der Waals surface area contributed by atoms with E-state index in [0.29, 0.717) is 35.2 Å². The van der Waals surface area contributed by atoms with Crippen molar-refractivity contribution in [3.63, 3.8) is 0 Å². The van der Waals surface area contributed by atoms with Gasteiger partial charge in [-0.1, -0.05) is 6.92 Å². The number of hydrogen-bond acceptors (Lipinski definition) is 5. The highest BCUT2D eigenvalue weighted by Gasteiger charge is 2.34. The minimum Gasteiger partial charge on any atom is -0.481 e. The van der Waals surface area contributed by atoms with Crippen molar-refractivity contribution in [3.05, 3.63) is 27.1 Å². The summed E-state index contributed by atoms with van der Waals surface area (Å²) in [5, 5.41) is 12.4. The van der Waals surface area contributed by atoms with E-state index >= 15 is 0 Å². The highest BCUT2D eigenvalue weighted by Crippen LogP contribution is 2.41. The first-order chi connectivity index (χ1) is 11.0. The average Bonchev–Trinajstić information content (AvgIpc) is 3.06. The van der Waals surface area contributed by atoms with Crippen molar-refractivity contribution in [1.82, 2.24) is 14.9 Å². The van der Waals surface area contributed by atoms with Gasteiger partial charge in [0.25, 0.3) is 5.56 Å². The molecule has 3 rings (SSSR count). The molecule has 0 aliphatic heterocycles. The molecule has 0 saturated carbocycles. The van der Waals surface area contributed by atoms with Crippen LogP contribution < -0.4 is 10.9 Å². The third-order valence-corrected chi connectivity index (χ3v) is 5.16. The molecule has 2 heterocycles. The van der Waals surface area contributed by atoms with Crippen LogP contribution in [0.2, 0.25) is 0 Å². The predicted molar refractivity (Wildman–Crippen MR) is 85.9 cm³/mol. The molecule has 0 bridgehead atoms. The summed E-state index contributed by atoms with van der Waals surface area (Å²) >= 11 is 1.37. The van der Waals surface area contributed by atoms with Crippen molar-refractivity contribution >= 4 is 33.4 Å². The molecule has 0 spiro atoms. The fourth-order valence-electron chi connectivity index (χ4n) is 2.90. The molecule has 122 valence electrons. The van der Waals surface area contributed by atoms with Gasteiger partial charge in [0.2, 0.25) is 5.91 Å². The van der Waals surface area contributed by atoms with E-state index in [4.69, 9.17) is 0 Å². The molecule has 1 unspecified atom stereocenters. The lowest BCUT2D eigenvalue weighted by Gasteiger charge is -2.08. The fourth-order valence-corrected chi connectivity index (χ4v) is 4.11. The molecule has 0 fully saturated rings. The number of hydrogen-bond donors (Lipinski definition) is 2. The fraction of sp³-hybridized carbons (Fsp3) is 0.467. The SMILES string of the molecule is CCCNC(=O)Cn1cnc2sc3c(c2c1=O)C(C(=O)O)CC3. The number of aryl methyl sites for hydroxylation is 1. The van der Waals surface area contributed by atoms with Gasteiger partial charge in [-0.05, 0) is 24.8 Å². The first-order valence-corrected chi connectivity index (χ1v) is 8.34. The number of thiophene rings is 1. The quantitative estimate of drug-likeness (QED) is 0.852. The Labute approximate surface area is 136 Å². The smallest absolute Gasteiger partial charge is 0.311 e. The van der Waals surface area contributed by atoms with Crippen LogP contribution in [0.5, 0.6) is 0 Å². The minimum atomic E-state index is -0.918. The van der Waals surface area contributed by atoms with E-state index in [-0.39, 0.29) is 18.0 Å². The summed E-state index contributed by atoms with van der Waals surface area (Å²) in [5.74, 6) is -1.83. The van der Waals surface area contributed by atoms with Gasteiger partial charge in [0.05, 0.1) is 17.6 Å². The van der Waals surface area contributed by atoms with Gasteiger partial charge in [-0.2, -0.15) is 0 Å². The van der Waals surface area contributed by atoms with Crippen LogP contribution in [0.1, 0.15) is 36.1 Å². The first kappa shape index (κ1) is 15.7. The number of carbonyl (C=O) groups excluding carboxylic acids is 1. The third-order valence-electron chi connectivity index (χ3n) is 3.99. The summed E-state index contributed by atoms with van der Waals surface area (Å²) in [5.41, 5.74) is 0.255. The van der Waals surface area contributed by atoms with Crippen LogP contribution in [-0.4, -0.2) is 33.1 Å². The average molecular weight is 335 g/mol. The summed E-state index contributed by atoms with van der Waals surface area (Å²) in [4.78, 5) is 41.6. The van der Waals surface area contributed by atoms with Crippen LogP contribution in [0, 0.1) is 0 Å². The number of aromatic nitrogens is 2. The number of carbonyl (C=O) groups is 2. The zero-order chi connectivity index (χ0) is 16.6. The second kappa shape index (κ2) is 6.11. The van der Waals surface area contributed by atoms with Crippen LogP contribution in [0.15, 0.2) is 11.1 Å². The second-order valence-electron chi connectivity index (χ2n) is 5.58. The number of carboxylic acid groups (broad SMARTS) is 1. The summed E-state index contributed by atoms with van der Waals surface area (Å²) in [6, 6.07) is 0. The van der Waals surface area contributed by atoms with Crippen LogP contribution >= 0.6 is 11.3 Å². The summed E-state index contributed by atoms with van der Waals surface area (Å²) in [6.45, 7) is 2.39. The van der Waals surface area contributed by atoms with Crippen LogP contribution in [0.3, 0.4) is 0 Å². The van der Waals surface area contributed by atoms with Crippen molar-refractivity contribution in [2.45, 2.75) is 38.6 Å². The lowest BCUT2D eigenvalue weighted by Crippen LogP contribution is -2.33.